The van der Waals surface area contributed by atoms with Crippen LogP contribution in [0.1, 0.15) is 27.1 Å². The molecule has 4 aromatic rings. The summed E-state index contributed by atoms with van der Waals surface area (Å²) < 4.78 is 7.49. The third kappa shape index (κ3) is 4.55. The van der Waals surface area contributed by atoms with E-state index >= 15 is 0 Å². The number of aromatic nitrogens is 2. The van der Waals surface area contributed by atoms with E-state index in [-0.39, 0.29) is 11.9 Å². The van der Waals surface area contributed by atoms with Crippen LogP contribution in [-0.4, -0.2) is 41.8 Å². The summed E-state index contributed by atoms with van der Waals surface area (Å²) in [5.74, 6) is 0.691. The molecule has 0 radical (unpaired) electrons. The summed E-state index contributed by atoms with van der Waals surface area (Å²) in [5.41, 5.74) is 3.19. The predicted octanol–water partition coefficient (Wildman–Crippen LogP) is 4.50. The molecule has 1 atom stereocenters. The summed E-state index contributed by atoms with van der Waals surface area (Å²) in [4.78, 5) is 21.1. The van der Waals surface area contributed by atoms with Crippen LogP contribution in [-0.2, 0) is 11.8 Å². The van der Waals surface area contributed by atoms with Crippen molar-refractivity contribution in [2.45, 2.75) is 6.04 Å². The highest BCUT2D eigenvalue weighted by Crippen LogP contribution is 2.39. The highest BCUT2D eigenvalue weighted by Gasteiger charge is 2.25. The van der Waals surface area contributed by atoms with Gasteiger partial charge in [0.25, 0.3) is 5.91 Å². The molecule has 0 bridgehead atoms. The quantitative estimate of drug-likeness (QED) is 0.462. The van der Waals surface area contributed by atoms with Crippen LogP contribution in [0.25, 0.3) is 11.1 Å². The first-order valence-corrected chi connectivity index (χ1v) is 11.9. The molecule has 0 spiro atoms. The van der Waals surface area contributed by atoms with E-state index in [0.29, 0.717) is 18.1 Å². The number of benzene rings is 2. The van der Waals surface area contributed by atoms with Crippen molar-refractivity contribution in [3.05, 3.63) is 95.4 Å². The Morgan fingerprint density at radius 3 is 2.42 bits per heavy atom. The lowest BCUT2D eigenvalue weighted by molar-refractivity contribution is 0.0945. The number of rotatable bonds is 6. The fourth-order valence-corrected chi connectivity index (χ4v) is 5.25. The van der Waals surface area contributed by atoms with Crippen molar-refractivity contribution in [1.29, 1.82) is 0 Å². The summed E-state index contributed by atoms with van der Waals surface area (Å²) in [6, 6.07) is 21.9. The summed E-state index contributed by atoms with van der Waals surface area (Å²) in [6.45, 7) is 3.04. The largest absolute Gasteiger partial charge is 0.378 e. The average Bonchev–Trinajstić information content (AvgIpc) is 3.51. The minimum Gasteiger partial charge on any atom is -0.378 e. The van der Waals surface area contributed by atoms with Crippen molar-refractivity contribution in [2.24, 2.45) is 7.05 Å². The molecule has 3 heterocycles. The zero-order valence-corrected chi connectivity index (χ0v) is 19.3. The normalized spacial score (nSPS) is 14.8. The number of aryl methyl sites for hydroxylation is 1. The maximum absolute atomic E-state index is 13.5. The number of carbonyl (C=O) groups excluding carboxylic acids is 1. The van der Waals surface area contributed by atoms with Gasteiger partial charge in [-0.15, -0.1) is 11.3 Å². The van der Waals surface area contributed by atoms with E-state index in [9.17, 15) is 4.79 Å². The lowest BCUT2D eigenvalue weighted by atomic mass is 10.1. The number of nitrogens with one attached hydrogen (secondary N) is 1. The number of hydrogen-bond acceptors (Lipinski definition) is 5. The summed E-state index contributed by atoms with van der Waals surface area (Å²) in [7, 11) is 1.94. The van der Waals surface area contributed by atoms with E-state index in [1.165, 1.54) is 11.3 Å². The van der Waals surface area contributed by atoms with Crippen LogP contribution in [0.5, 0.6) is 0 Å². The van der Waals surface area contributed by atoms with Crippen LogP contribution in [0, 0.1) is 0 Å². The fourth-order valence-electron chi connectivity index (χ4n) is 4.12. The molecule has 5 rings (SSSR count). The Labute approximate surface area is 197 Å². The second-order valence-corrected chi connectivity index (χ2v) is 9.04. The monoisotopic (exact) mass is 458 g/mol. The van der Waals surface area contributed by atoms with E-state index in [2.05, 4.69) is 27.3 Å². The number of ether oxygens (including phenoxy) is 1. The standard InChI is InChI=1S/C26H26N4O2S/c1-29-13-12-27-24(29)23(20-10-6-3-7-11-20)28-25(31)22-18-21(19-8-4-2-5-9-19)26(33-22)30-14-16-32-17-15-30/h2-13,18,23H,14-17H2,1H3,(H,28,31). The Bertz CT molecular complexity index is 1210. The molecule has 6 nitrogen and oxygen atoms in total. The van der Waals surface area contributed by atoms with Crippen molar-refractivity contribution in [3.63, 3.8) is 0 Å². The van der Waals surface area contributed by atoms with Gasteiger partial charge in [-0.1, -0.05) is 60.7 Å². The van der Waals surface area contributed by atoms with Crippen LogP contribution in [0.15, 0.2) is 79.1 Å². The number of anilines is 1. The average molecular weight is 459 g/mol. The first-order chi connectivity index (χ1) is 16.2. The van der Waals surface area contributed by atoms with Crippen LogP contribution in [0.3, 0.4) is 0 Å². The lowest BCUT2D eigenvalue weighted by Gasteiger charge is -2.28. The summed E-state index contributed by atoms with van der Waals surface area (Å²) in [6.07, 6.45) is 3.65. The van der Waals surface area contributed by atoms with Crippen molar-refractivity contribution in [2.75, 3.05) is 31.2 Å². The highest BCUT2D eigenvalue weighted by atomic mass is 32.1. The van der Waals surface area contributed by atoms with Gasteiger partial charge < -0.3 is 19.5 Å². The molecule has 33 heavy (non-hydrogen) atoms. The molecule has 1 saturated heterocycles. The van der Waals surface area contributed by atoms with Gasteiger partial charge in [-0.05, 0) is 17.2 Å². The van der Waals surface area contributed by atoms with Crippen LogP contribution in [0.4, 0.5) is 5.00 Å². The van der Waals surface area contributed by atoms with Crippen LogP contribution < -0.4 is 10.2 Å². The SMILES string of the molecule is Cn1ccnc1C(NC(=O)c1cc(-c2ccccc2)c(N2CCOCC2)s1)c1ccccc1. The molecule has 1 aliphatic heterocycles. The fraction of sp³-hybridized carbons (Fsp3) is 0.231. The zero-order valence-electron chi connectivity index (χ0n) is 18.5. The van der Waals surface area contributed by atoms with E-state index in [4.69, 9.17) is 4.74 Å². The third-order valence-electron chi connectivity index (χ3n) is 5.84. The minimum absolute atomic E-state index is 0.103. The number of hydrogen-bond donors (Lipinski definition) is 1. The van der Waals surface area contributed by atoms with Crippen molar-refractivity contribution >= 4 is 22.2 Å². The minimum atomic E-state index is -0.340. The van der Waals surface area contributed by atoms with Gasteiger partial charge >= 0.3 is 0 Å². The number of morpholine rings is 1. The van der Waals surface area contributed by atoms with E-state index in [0.717, 1.165) is 40.6 Å². The van der Waals surface area contributed by atoms with Gasteiger partial charge in [0.15, 0.2) is 0 Å². The third-order valence-corrected chi connectivity index (χ3v) is 7.04. The molecule has 1 aliphatic rings. The number of thiophene rings is 1. The van der Waals surface area contributed by atoms with E-state index < -0.39 is 0 Å². The molecule has 1 fully saturated rings. The Morgan fingerprint density at radius 1 is 1.06 bits per heavy atom. The Kier molecular flexibility index (Phi) is 6.24. The molecule has 168 valence electrons. The first kappa shape index (κ1) is 21.4. The lowest BCUT2D eigenvalue weighted by Crippen LogP contribution is -2.35. The van der Waals surface area contributed by atoms with Gasteiger partial charge in [-0.2, -0.15) is 0 Å². The molecule has 0 aliphatic carbocycles. The smallest absolute Gasteiger partial charge is 0.262 e. The molecule has 1 N–H and O–H groups in total. The summed E-state index contributed by atoms with van der Waals surface area (Å²) >= 11 is 1.54. The Hall–Kier alpha value is -3.42. The molecule has 2 aromatic heterocycles. The molecule has 1 amide bonds. The van der Waals surface area contributed by atoms with Crippen molar-refractivity contribution < 1.29 is 9.53 Å². The van der Waals surface area contributed by atoms with E-state index in [1.54, 1.807) is 6.20 Å². The molecule has 2 aromatic carbocycles. The second kappa shape index (κ2) is 9.60. The van der Waals surface area contributed by atoms with Crippen LogP contribution >= 0.6 is 11.3 Å². The molecule has 1 unspecified atom stereocenters. The molecular weight excluding hydrogens is 432 g/mol. The number of imidazole rings is 1. The van der Waals surface area contributed by atoms with Gasteiger partial charge in [0.2, 0.25) is 0 Å². The van der Waals surface area contributed by atoms with Gasteiger partial charge in [-0.25, -0.2) is 4.98 Å². The number of nitrogens with zero attached hydrogens (tertiary/aromatic N) is 3. The number of amides is 1. The maximum atomic E-state index is 13.5. The van der Waals surface area contributed by atoms with Gasteiger partial charge in [0.1, 0.15) is 11.9 Å². The molecule has 0 saturated carbocycles. The molecular formula is C26H26N4O2S. The maximum Gasteiger partial charge on any atom is 0.262 e. The number of carbonyl (C=O) groups is 1. The predicted molar refractivity (Wildman–Crippen MR) is 132 cm³/mol. The van der Waals surface area contributed by atoms with Crippen LogP contribution in [0.2, 0.25) is 0 Å². The second-order valence-electron chi connectivity index (χ2n) is 8.01. The van der Waals surface area contributed by atoms with Gasteiger partial charge in [0.05, 0.1) is 23.1 Å². The van der Waals surface area contributed by atoms with Crippen molar-refractivity contribution in [1.82, 2.24) is 14.9 Å². The van der Waals surface area contributed by atoms with E-state index in [1.807, 2.05) is 72.4 Å². The zero-order chi connectivity index (χ0) is 22.6. The highest BCUT2D eigenvalue weighted by molar-refractivity contribution is 7.18. The summed E-state index contributed by atoms with van der Waals surface area (Å²) in [5, 5.41) is 4.35. The van der Waals surface area contributed by atoms with Gasteiger partial charge in [0, 0.05) is 38.1 Å². The first-order valence-electron chi connectivity index (χ1n) is 11.1. The Balaban J connectivity index is 1.50. The van der Waals surface area contributed by atoms with Crippen molar-refractivity contribution in [3.8, 4) is 11.1 Å². The topological polar surface area (TPSA) is 59.4 Å². The molecule has 7 heteroatoms. The van der Waals surface area contributed by atoms with Gasteiger partial charge in [-0.3, -0.25) is 4.79 Å². The Morgan fingerprint density at radius 2 is 1.76 bits per heavy atom.